The Morgan fingerprint density at radius 1 is 0.789 bits per heavy atom. The number of nitrogens with zero attached hydrogens (tertiary/aromatic N) is 1. The Morgan fingerprint density at radius 3 is 2.00 bits per heavy atom. The minimum absolute atomic E-state index is 0.225. The fourth-order valence-electron chi connectivity index (χ4n) is 1.93. The lowest BCUT2D eigenvalue weighted by atomic mass is 10.1. The predicted molar refractivity (Wildman–Crippen MR) is 67.3 cm³/mol. The molecule has 94 valence electrons. The van der Waals surface area contributed by atoms with Crippen molar-refractivity contribution < 1.29 is 13.2 Å². The molecule has 0 radical (unpaired) electrons. The van der Waals surface area contributed by atoms with E-state index in [4.69, 9.17) is 4.42 Å². The Bertz CT molecular complexity index is 661. The van der Waals surface area contributed by atoms with E-state index < -0.39 is 11.6 Å². The van der Waals surface area contributed by atoms with Gasteiger partial charge >= 0.3 is 0 Å². The largest absolute Gasteiger partial charge is 0.443 e. The fraction of sp³-hybridized carbons (Fsp3) is 0. The first-order valence-electron chi connectivity index (χ1n) is 5.70. The van der Waals surface area contributed by atoms with Crippen molar-refractivity contribution in [3.05, 3.63) is 66.6 Å². The van der Waals surface area contributed by atoms with E-state index in [-0.39, 0.29) is 16.9 Å². The van der Waals surface area contributed by atoms with Crippen LogP contribution in [0, 0.1) is 11.6 Å². The number of oxazole rings is 1. The summed E-state index contributed by atoms with van der Waals surface area (Å²) < 4.78 is 32.8. The second kappa shape index (κ2) is 4.65. The molecule has 0 aliphatic carbocycles. The second-order valence-corrected chi connectivity index (χ2v) is 3.99. The summed E-state index contributed by atoms with van der Waals surface area (Å²) in [5.74, 6) is -0.631. The highest BCUT2D eigenvalue weighted by Crippen LogP contribution is 2.33. The van der Waals surface area contributed by atoms with Crippen LogP contribution in [0.15, 0.2) is 59.3 Å². The molecule has 0 bridgehead atoms. The van der Waals surface area contributed by atoms with Crippen LogP contribution in [0.25, 0.3) is 22.6 Å². The van der Waals surface area contributed by atoms with Crippen molar-refractivity contribution >= 4 is 0 Å². The molecule has 19 heavy (non-hydrogen) atoms. The highest BCUT2D eigenvalue weighted by atomic mass is 19.1. The summed E-state index contributed by atoms with van der Waals surface area (Å²) in [5, 5.41) is 0. The average molecular weight is 257 g/mol. The van der Waals surface area contributed by atoms with E-state index >= 15 is 0 Å². The maximum absolute atomic E-state index is 13.8. The molecule has 0 saturated heterocycles. The Balaban J connectivity index is 2.20. The van der Waals surface area contributed by atoms with Crippen molar-refractivity contribution in [3.8, 4) is 22.6 Å². The topological polar surface area (TPSA) is 26.0 Å². The number of benzene rings is 2. The van der Waals surface area contributed by atoms with Gasteiger partial charge in [0.05, 0.1) is 5.56 Å². The van der Waals surface area contributed by atoms with E-state index in [1.54, 1.807) is 36.4 Å². The van der Waals surface area contributed by atoms with Gasteiger partial charge in [0.15, 0.2) is 12.2 Å². The zero-order valence-corrected chi connectivity index (χ0v) is 9.81. The summed E-state index contributed by atoms with van der Waals surface area (Å²) in [6.07, 6.45) is 1.18. The quantitative estimate of drug-likeness (QED) is 0.684. The molecule has 1 aromatic heterocycles. The van der Waals surface area contributed by atoms with Crippen LogP contribution in [0.3, 0.4) is 0 Å². The zero-order valence-electron chi connectivity index (χ0n) is 9.81. The van der Waals surface area contributed by atoms with Crippen molar-refractivity contribution in [2.75, 3.05) is 0 Å². The molecule has 0 unspecified atom stereocenters. The molecule has 0 N–H and O–H groups in total. The maximum Gasteiger partial charge on any atom is 0.182 e. The van der Waals surface area contributed by atoms with Crippen LogP contribution < -0.4 is 0 Å². The molecule has 0 aliphatic rings. The molecule has 3 aromatic rings. The van der Waals surface area contributed by atoms with E-state index in [2.05, 4.69) is 4.98 Å². The van der Waals surface area contributed by atoms with Crippen molar-refractivity contribution in [3.63, 3.8) is 0 Å². The zero-order chi connectivity index (χ0) is 13.2. The minimum atomic E-state index is -0.433. The molecule has 3 rings (SSSR count). The first kappa shape index (κ1) is 11.6. The van der Waals surface area contributed by atoms with Crippen molar-refractivity contribution in [2.45, 2.75) is 0 Å². The molecule has 4 heteroatoms. The van der Waals surface area contributed by atoms with Crippen LogP contribution in [-0.4, -0.2) is 4.98 Å². The van der Waals surface area contributed by atoms with Gasteiger partial charge in [0.2, 0.25) is 0 Å². The van der Waals surface area contributed by atoms with Crippen LogP contribution >= 0.6 is 0 Å². The average Bonchev–Trinajstić information content (AvgIpc) is 2.89. The third-order valence-corrected chi connectivity index (χ3v) is 2.81. The minimum Gasteiger partial charge on any atom is -0.443 e. The Kier molecular flexibility index (Phi) is 2.83. The lowest BCUT2D eigenvalue weighted by Gasteiger charge is -2.03. The van der Waals surface area contributed by atoms with E-state index in [1.807, 2.05) is 0 Å². The third-order valence-electron chi connectivity index (χ3n) is 2.81. The van der Waals surface area contributed by atoms with Gasteiger partial charge in [0.25, 0.3) is 0 Å². The highest BCUT2D eigenvalue weighted by Gasteiger charge is 2.18. The number of hydrogen-bond acceptors (Lipinski definition) is 2. The standard InChI is InChI=1S/C15H9F2NO/c16-12-7-3-1-5-10(12)14-15(19-9-18-14)11-6-2-4-8-13(11)17/h1-9H. The van der Waals surface area contributed by atoms with Gasteiger partial charge in [0, 0.05) is 5.56 Å². The number of halogens is 2. The van der Waals surface area contributed by atoms with Gasteiger partial charge < -0.3 is 4.42 Å². The maximum atomic E-state index is 13.8. The van der Waals surface area contributed by atoms with Crippen LogP contribution in [0.1, 0.15) is 0 Å². The third kappa shape index (κ3) is 2.01. The van der Waals surface area contributed by atoms with Gasteiger partial charge in [-0.05, 0) is 24.3 Å². The Morgan fingerprint density at radius 2 is 1.37 bits per heavy atom. The Labute approximate surface area is 108 Å². The van der Waals surface area contributed by atoms with Crippen LogP contribution in [0.5, 0.6) is 0 Å². The van der Waals surface area contributed by atoms with E-state index in [9.17, 15) is 8.78 Å². The summed E-state index contributed by atoms with van der Waals surface area (Å²) in [6.45, 7) is 0. The lowest BCUT2D eigenvalue weighted by molar-refractivity contribution is 0.561. The molecule has 2 aromatic carbocycles. The van der Waals surface area contributed by atoms with Crippen molar-refractivity contribution in [2.24, 2.45) is 0 Å². The summed E-state index contributed by atoms with van der Waals surface area (Å²) in [7, 11) is 0. The Hall–Kier alpha value is -2.49. The number of hydrogen-bond donors (Lipinski definition) is 0. The first-order chi connectivity index (χ1) is 9.27. The monoisotopic (exact) mass is 257 g/mol. The van der Waals surface area contributed by atoms with Gasteiger partial charge in [-0.25, -0.2) is 13.8 Å². The molecule has 0 aliphatic heterocycles. The van der Waals surface area contributed by atoms with E-state index in [1.165, 1.54) is 18.5 Å². The normalized spacial score (nSPS) is 10.6. The van der Waals surface area contributed by atoms with Gasteiger partial charge in [-0.3, -0.25) is 0 Å². The summed E-state index contributed by atoms with van der Waals surface area (Å²) in [6, 6.07) is 12.3. The van der Waals surface area contributed by atoms with Gasteiger partial charge in [0.1, 0.15) is 17.3 Å². The first-order valence-corrected chi connectivity index (χ1v) is 5.70. The summed E-state index contributed by atoms with van der Waals surface area (Å²) >= 11 is 0. The molecule has 0 amide bonds. The molecule has 1 heterocycles. The second-order valence-electron chi connectivity index (χ2n) is 3.99. The molecule has 2 nitrogen and oxygen atoms in total. The number of rotatable bonds is 2. The van der Waals surface area contributed by atoms with Gasteiger partial charge in [-0.1, -0.05) is 24.3 Å². The lowest BCUT2D eigenvalue weighted by Crippen LogP contribution is -1.88. The van der Waals surface area contributed by atoms with Gasteiger partial charge in [-0.2, -0.15) is 0 Å². The fourth-order valence-corrected chi connectivity index (χ4v) is 1.93. The molecular formula is C15H9F2NO. The molecular weight excluding hydrogens is 248 g/mol. The van der Waals surface area contributed by atoms with Crippen molar-refractivity contribution in [1.82, 2.24) is 4.98 Å². The molecule has 0 saturated carbocycles. The molecule has 0 spiro atoms. The van der Waals surface area contributed by atoms with Crippen molar-refractivity contribution in [1.29, 1.82) is 0 Å². The van der Waals surface area contributed by atoms with E-state index in [0.717, 1.165) is 0 Å². The predicted octanol–water partition coefficient (Wildman–Crippen LogP) is 4.29. The summed E-state index contributed by atoms with van der Waals surface area (Å²) in [4.78, 5) is 3.99. The summed E-state index contributed by atoms with van der Waals surface area (Å²) in [5.41, 5.74) is 0.843. The van der Waals surface area contributed by atoms with E-state index in [0.29, 0.717) is 5.69 Å². The SMILES string of the molecule is Fc1ccccc1-c1ncoc1-c1ccccc1F. The number of aromatic nitrogens is 1. The van der Waals surface area contributed by atoms with Crippen LogP contribution in [0.4, 0.5) is 8.78 Å². The molecule has 0 fully saturated rings. The molecule has 0 atom stereocenters. The van der Waals surface area contributed by atoms with Gasteiger partial charge in [-0.15, -0.1) is 0 Å². The smallest absolute Gasteiger partial charge is 0.182 e. The highest BCUT2D eigenvalue weighted by molar-refractivity contribution is 5.77. The van der Waals surface area contributed by atoms with Crippen LogP contribution in [0.2, 0.25) is 0 Å². The van der Waals surface area contributed by atoms with Crippen LogP contribution in [-0.2, 0) is 0 Å².